The van der Waals surface area contributed by atoms with Crippen LogP contribution in [-0.4, -0.2) is 40.1 Å². The van der Waals surface area contributed by atoms with Crippen molar-refractivity contribution in [2.24, 2.45) is 0 Å². The summed E-state index contributed by atoms with van der Waals surface area (Å²) in [5.41, 5.74) is 4.33. The van der Waals surface area contributed by atoms with Crippen LogP contribution in [0.15, 0.2) is 69.1 Å². The molecule has 4 aromatic rings. The minimum absolute atomic E-state index is 0.0618. The van der Waals surface area contributed by atoms with Gasteiger partial charge in [-0.2, -0.15) is 0 Å². The fourth-order valence-corrected chi connectivity index (χ4v) is 4.24. The SMILES string of the molecule is COc1cc(OC)cc(-c2nnc(S/C(=C\c3cc(C)n(-c4ccccc4)c3C)C(=O)O)o2)c1. The van der Waals surface area contributed by atoms with Crippen molar-refractivity contribution in [1.82, 2.24) is 14.8 Å². The molecule has 2 heterocycles. The molecule has 0 aliphatic rings. The average molecular weight is 478 g/mol. The van der Waals surface area contributed by atoms with Crippen molar-refractivity contribution in [1.29, 1.82) is 0 Å². The van der Waals surface area contributed by atoms with Gasteiger partial charge in [0.2, 0.25) is 5.89 Å². The predicted molar refractivity (Wildman–Crippen MR) is 130 cm³/mol. The minimum Gasteiger partial charge on any atom is -0.497 e. The number of ether oxygens (including phenoxy) is 2. The second-order valence-electron chi connectivity index (χ2n) is 7.39. The fraction of sp³-hybridized carbons (Fsp3) is 0.160. The van der Waals surface area contributed by atoms with Gasteiger partial charge in [0.15, 0.2) is 0 Å². The third-order valence-electron chi connectivity index (χ3n) is 5.18. The Morgan fingerprint density at radius 1 is 1.03 bits per heavy atom. The molecule has 2 aromatic carbocycles. The van der Waals surface area contributed by atoms with Gasteiger partial charge in [-0.3, -0.25) is 0 Å². The molecular weight excluding hydrogens is 454 g/mol. The van der Waals surface area contributed by atoms with Gasteiger partial charge in [-0.1, -0.05) is 18.2 Å². The molecule has 0 atom stereocenters. The van der Waals surface area contributed by atoms with Crippen LogP contribution in [0.2, 0.25) is 0 Å². The molecule has 0 radical (unpaired) electrons. The van der Waals surface area contributed by atoms with E-state index in [0.29, 0.717) is 17.1 Å². The van der Waals surface area contributed by atoms with E-state index in [2.05, 4.69) is 14.8 Å². The Morgan fingerprint density at radius 3 is 2.32 bits per heavy atom. The third-order valence-corrected chi connectivity index (χ3v) is 6.04. The van der Waals surface area contributed by atoms with Gasteiger partial charge in [0.05, 0.1) is 14.2 Å². The van der Waals surface area contributed by atoms with Crippen molar-refractivity contribution in [3.63, 3.8) is 0 Å². The number of thioether (sulfide) groups is 1. The van der Waals surface area contributed by atoms with Crippen LogP contribution in [0.3, 0.4) is 0 Å². The number of carboxylic acids is 1. The van der Waals surface area contributed by atoms with E-state index in [9.17, 15) is 9.90 Å². The first kappa shape index (κ1) is 23.2. The van der Waals surface area contributed by atoms with E-state index in [-0.39, 0.29) is 16.0 Å². The molecule has 0 saturated heterocycles. The van der Waals surface area contributed by atoms with Gasteiger partial charge in [-0.05, 0) is 67.6 Å². The zero-order chi connectivity index (χ0) is 24.2. The second-order valence-corrected chi connectivity index (χ2v) is 8.38. The van der Waals surface area contributed by atoms with Crippen molar-refractivity contribution in [3.8, 4) is 28.6 Å². The number of carbonyl (C=O) groups is 1. The van der Waals surface area contributed by atoms with E-state index in [1.54, 1.807) is 38.5 Å². The molecule has 0 spiro atoms. The molecule has 34 heavy (non-hydrogen) atoms. The van der Waals surface area contributed by atoms with Gasteiger partial charge < -0.3 is 23.6 Å². The number of hydrogen-bond acceptors (Lipinski definition) is 7. The molecule has 0 amide bonds. The maximum atomic E-state index is 12.0. The summed E-state index contributed by atoms with van der Waals surface area (Å²) in [5.74, 6) is 0.285. The van der Waals surface area contributed by atoms with Crippen LogP contribution in [0, 0.1) is 13.8 Å². The molecule has 4 rings (SSSR count). The van der Waals surface area contributed by atoms with E-state index < -0.39 is 5.97 Å². The molecule has 8 nitrogen and oxygen atoms in total. The standard InChI is InChI=1S/C25H23N3O5S/c1-15-10-17(16(2)28(15)19-8-6-5-7-9-19)13-22(24(29)30)34-25-27-26-23(33-25)18-11-20(31-3)14-21(12-18)32-4/h5-14H,1-4H3,(H,29,30)/b22-13-. The largest absolute Gasteiger partial charge is 0.497 e. The predicted octanol–water partition coefficient (Wildman–Crippen LogP) is 5.38. The molecule has 174 valence electrons. The highest BCUT2D eigenvalue weighted by Crippen LogP contribution is 2.34. The van der Waals surface area contributed by atoms with E-state index in [4.69, 9.17) is 13.9 Å². The number of aromatic nitrogens is 3. The van der Waals surface area contributed by atoms with Crippen LogP contribution in [0.25, 0.3) is 23.2 Å². The van der Waals surface area contributed by atoms with Crippen LogP contribution in [0.4, 0.5) is 0 Å². The van der Waals surface area contributed by atoms with E-state index in [1.807, 2.05) is 50.2 Å². The number of rotatable bonds is 8. The summed E-state index contributed by atoms with van der Waals surface area (Å²) in [6.45, 7) is 3.94. The van der Waals surface area contributed by atoms with E-state index in [1.165, 1.54) is 0 Å². The van der Waals surface area contributed by atoms with Crippen molar-refractivity contribution >= 4 is 23.8 Å². The number of para-hydroxylation sites is 1. The summed E-state index contributed by atoms with van der Waals surface area (Å²) in [7, 11) is 3.10. The first-order valence-electron chi connectivity index (χ1n) is 10.3. The smallest absolute Gasteiger partial charge is 0.342 e. The highest BCUT2D eigenvalue weighted by Gasteiger charge is 2.18. The highest BCUT2D eigenvalue weighted by molar-refractivity contribution is 8.03. The molecule has 0 unspecified atom stereocenters. The van der Waals surface area contributed by atoms with E-state index >= 15 is 0 Å². The lowest BCUT2D eigenvalue weighted by atomic mass is 10.2. The summed E-state index contributed by atoms with van der Waals surface area (Å²) in [4.78, 5) is 12.1. The monoisotopic (exact) mass is 477 g/mol. The second kappa shape index (κ2) is 9.88. The summed E-state index contributed by atoms with van der Waals surface area (Å²) in [6.07, 6.45) is 1.62. The highest BCUT2D eigenvalue weighted by atomic mass is 32.2. The lowest BCUT2D eigenvalue weighted by molar-refractivity contribution is -0.131. The zero-order valence-electron chi connectivity index (χ0n) is 19.1. The number of methoxy groups -OCH3 is 2. The van der Waals surface area contributed by atoms with Crippen molar-refractivity contribution in [3.05, 3.63) is 76.5 Å². The summed E-state index contributed by atoms with van der Waals surface area (Å²) < 4.78 is 18.4. The Morgan fingerprint density at radius 2 is 1.71 bits per heavy atom. The average Bonchev–Trinajstić information content (AvgIpc) is 3.42. The molecule has 0 aliphatic carbocycles. The topological polar surface area (TPSA) is 99.6 Å². The van der Waals surface area contributed by atoms with Crippen molar-refractivity contribution in [2.45, 2.75) is 19.1 Å². The zero-order valence-corrected chi connectivity index (χ0v) is 19.9. The molecule has 0 aliphatic heterocycles. The Bertz CT molecular complexity index is 1340. The van der Waals surface area contributed by atoms with E-state index in [0.717, 1.165) is 34.4 Å². The summed E-state index contributed by atoms with van der Waals surface area (Å²) in [6, 6.07) is 17.0. The number of aliphatic carboxylic acids is 1. The van der Waals surface area contributed by atoms with Crippen LogP contribution < -0.4 is 9.47 Å². The maximum Gasteiger partial charge on any atom is 0.342 e. The fourth-order valence-electron chi connectivity index (χ4n) is 3.58. The normalized spacial score (nSPS) is 11.5. The van der Waals surface area contributed by atoms with Gasteiger partial charge >= 0.3 is 5.97 Å². The third kappa shape index (κ3) is 4.84. The Labute approximate surface area is 200 Å². The number of nitrogens with zero attached hydrogens (tertiary/aromatic N) is 3. The molecule has 9 heteroatoms. The first-order valence-corrected chi connectivity index (χ1v) is 11.2. The van der Waals surface area contributed by atoms with Crippen LogP contribution >= 0.6 is 11.8 Å². The Kier molecular flexibility index (Phi) is 6.74. The van der Waals surface area contributed by atoms with Crippen LogP contribution in [-0.2, 0) is 4.79 Å². The number of benzene rings is 2. The summed E-state index contributed by atoms with van der Waals surface area (Å²) >= 11 is 0.896. The molecule has 0 fully saturated rings. The van der Waals surface area contributed by atoms with Crippen LogP contribution in [0.1, 0.15) is 17.0 Å². The Hall–Kier alpha value is -3.98. The molecule has 0 bridgehead atoms. The summed E-state index contributed by atoms with van der Waals surface area (Å²) in [5, 5.41) is 18.0. The van der Waals surface area contributed by atoms with Crippen LogP contribution in [0.5, 0.6) is 11.5 Å². The molecule has 1 N–H and O–H groups in total. The lowest BCUT2D eigenvalue weighted by Gasteiger charge is -2.09. The molecular formula is C25H23N3O5S. The minimum atomic E-state index is -1.09. The lowest BCUT2D eigenvalue weighted by Crippen LogP contribution is -1.99. The van der Waals surface area contributed by atoms with Gasteiger partial charge in [0, 0.05) is 28.7 Å². The molecule has 2 aromatic heterocycles. The first-order chi connectivity index (χ1) is 16.4. The van der Waals surface area contributed by atoms with Crippen molar-refractivity contribution < 1.29 is 23.8 Å². The van der Waals surface area contributed by atoms with Crippen molar-refractivity contribution in [2.75, 3.05) is 14.2 Å². The Balaban J connectivity index is 1.64. The number of hydrogen-bond donors (Lipinski definition) is 1. The number of carboxylic acid groups (broad SMARTS) is 1. The van der Waals surface area contributed by atoms with Gasteiger partial charge in [-0.25, -0.2) is 4.79 Å². The van der Waals surface area contributed by atoms with Gasteiger partial charge in [0.25, 0.3) is 5.22 Å². The van der Waals surface area contributed by atoms with Gasteiger partial charge in [0.1, 0.15) is 16.4 Å². The maximum absolute atomic E-state index is 12.0. The van der Waals surface area contributed by atoms with Gasteiger partial charge in [-0.15, -0.1) is 10.2 Å². The quantitative estimate of drug-likeness (QED) is 0.267. The molecule has 0 saturated carbocycles. The number of aryl methyl sites for hydroxylation is 1.